The van der Waals surface area contributed by atoms with Gasteiger partial charge in [-0.15, -0.1) is 0 Å². The van der Waals surface area contributed by atoms with E-state index in [-0.39, 0.29) is 5.91 Å². The molecule has 0 aromatic carbocycles. The molecule has 1 atom stereocenters. The highest BCUT2D eigenvalue weighted by Crippen LogP contribution is 2.48. The molecule has 3 nitrogen and oxygen atoms in total. The minimum Gasteiger partial charge on any atom is -0.356 e. The summed E-state index contributed by atoms with van der Waals surface area (Å²) < 4.78 is 0. The van der Waals surface area contributed by atoms with Crippen LogP contribution in [0.4, 0.5) is 0 Å². The van der Waals surface area contributed by atoms with Crippen LogP contribution in [0.5, 0.6) is 0 Å². The van der Waals surface area contributed by atoms with E-state index in [1.165, 1.54) is 25.7 Å². The van der Waals surface area contributed by atoms with Crippen molar-refractivity contribution in [1.82, 2.24) is 5.32 Å². The van der Waals surface area contributed by atoms with Crippen LogP contribution in [0.1, 0.15) is 58.8 Å². The van der Waals surface area contributed by atoms with Crippen LogP contribution in [0.3, 0.4) is 0 Å². The van der Waals surface area contributed by atoms with Crippen LogP contribution in [0.15, 0.2) is 0 Å². The number of hydrogen-bond acceptors (Lipinski definition) is 2. The fourth-order valence-corrected chi connectivity index (χ4v) is 2.40. The van der Waals surface area contributed by atoms with Gasteiger partial charge >= 0.3 is 0 Å². The van der Waals surface area contributed by atoms with E-state index >= 15 is 0 Å². The van der Waals surface area contributed by atoms with Gasteiger partial charge in [0.05, 0.1) is 0 Å². The lowest BCUT2D eigenvalue weighted by atomic mass is 10.00. The fraction of sp³-hybridized carbons (Fsp3) is 0.929. The second-order valence-corrected chi connectivity index (χ2v) is 5.75. The monoisotopic (exact) mass is 240 g/mol. The van der Waals surface area contributed by atoms with Gasteiger partial charge in [-0.25, -0.2) is 0 Å². The molecule has 1 rings (SSSR count). The Kier molecular flexibility index (Phi) is 5.96. The lowest BCUT2D eigenvalue weighted by Gasteiger charge is -2.15. The van der Waals surface area contributed by atoms with Gasteiger partial charge in [0.2, 0.25) is 5.91 Å². The molecule has 1 unspecified atom stereocenters. The van der Waals surface area contributed by atoms with Gasteiger partial charge < -0.3 is 11.1 Å². The van der Waals surface area contributed by atoms with E-state index < -0.39 is 0 Å². The van der Waals surface area contributed by atoms with Crippen LogP contribution in [-0.2, 0) is 4.79 Å². The Morgan fingerprint density at radius 2 is 2.12 bits per heavy atom. The standard InChI is InChI=1S/C14H28N2O/c1-3-7-14(8-9-14)11-16-13(17)5-4-12(2)6-10-15/h12H,3-11,15H2,1-2H3,(H,16,17). The van der Waals surface area contributed by atoms with Crippen molar-refractivity contribution in [3.63, 3.8) is 0 Å². The molecular formula is C14H28N2O. The minimum absolute atomic E-state index is 0.219. The molecular weight excluding hydrogens is 212 g/mol. The highest BCUT2D eigenvalue weighted by Gasteiger charge is 2.41. The molecule has 1 amide bonds. The summed E-state index contributed by atoms with van der Waals surface area (Å²) in [6, 6.07) is 0. The van der Waals surface area contributed by atoms with Crippen LogP contribution in [-0.4, -0.2) is 19.0 Å². The normalized spacial score (nSPS) is 18.8. The Morgan fingerprint density at radius 1 is 1.41 bits per heavy atom. The number of carbonyl (C=O) groups excluding carboxylic acids is 1. The lowest BCUT2D eigenvalue weighted by Crippen LogP contribution is -2.30. The zero-order valence-electron chi connectivity index (χ0n) is 11.4. The number of nitrogens with one attached hydrogen (secondary N) is 1. The molecule has 17 heavy (non-hydrogen) atoms. The minimum atomic E-state index is 0.219. The van der Waals surface area contributed by atoms with Gasteiger partial charge in [-0.3, -0.25) is 4.79 Å². The van der Waals surface area contributed by atoms with Crippen LogP contribution in [0.25, 0.3) is 0 Å². The summed E-state index contributed by atoms with van der Waals surface area (Å²) in [6.45, 7) is 6.00. The smallest absolute Gasteiger partial charge is 0.220 e. The maximum Gasteiger partial charge on any atom is 0.220 e. The lowest BCUT2D eigenvalue weighted by molar-refractivity contribution is -0.121. The molecule has 100 valence electrons. The zero-order chi connectivity index (χ0) is 12.7. The first-order chi connectivity index (χ1) is 8.12. The van der Waals surface area contributed by atoms with Gasteiger partial charge in [0.25, 0.3) is 0 Å². The topological polar surface area (TPSA) is 55.1 Å². The molecule has 0 aromatic rings. The highest BCUT2D eigenvalue weighted by molar-refractivity contribution is 5.75. The first-order valence-corrected chi connectivity index (χ1v) is 7.08. The van der Waals surface area contributed by atoms with Crippen molar-refractivity contribution >= 4 is 5.91 Å². The summed E-state index contributed by atoms with van der Waals surface area (Å²) in [4.78, 5) is 11.7. The Morgan fingerprint density at radius 3 is 2.65 bits per heavy atom. The number of hydrogen-bond donors (Lipinski definition) is 2. The summed E-state index contributed by atoms with van der Waals surface area (Å²) in [7, 11) is 0. The largest absolute Gasteiger partial charge is 0.356 e. The van der Waals surface area contributed by atoms with Gasteiger partial charge in [-0.1, -0.05) is 20.3 Å². The second-order valence-electron chi connectivity index (χ2n) is 5.75. The summed E-state index contributed by atoms with van der Waals surface area (Å²) in [5.41, 5.74) is 5.96. The quantitative estimate of drug-likeness (QED) is 0.650. The number of amides is 1. The molecule has 1 aliphatic rings. The van der Waals surface area contributed by atoms with E-state index in [0.29, 0.717) is 17.8 Å². The molecule has 0 aliphatic heterocycles. The van der Waals surface area contributed by atoms with E-state index in [2.05, 4.69) is 19.2 Å². The average Bonchev–Trinajstić information content (AvgIpc) is 3.05. The van der Waals surface area contributed by atoms with Crippen LogP contribution >= 0.6 is 0 Å². The third kappa shape index (κ3) is 5.53. The van der Waals surface area contributed by atoms with Crippen molar-refractivity contribution in [2.45, 2.75) is 58.8 Å². The van der Waals surface area contributed by atoms with Crippen molar-refractivity contribution < 1.29 is 4.79 Å². The third-order valence-electron chi connectivity index (χ3n) is 3.92. The van der Waals surface area contributed by atoms with Crippen LogP contribution in [0, 0.1) is 11.3 Å². The van der Waals surface area contributed by atoms with Gasteiger partial charge in [-0.05, 0) is 50.0 Å². The maximum absolute atomic E-state index is 11.7. The van der Waals surface area contributed by atoms with Crippen molar-refractivity contribution in [1.29, 1.82) is 0 Å². The Hall–Kier alpha value is -0.570. The molecule has 0 bridgehead atoms. The number of rotatable bonds is 9. The van der Waals surface area contributed by atoms with Crippen molar-refractivity contribution in [2.24, 2.45) is 17.1 Å². The molecule has 0 spiro atoms. The van der Waals surface area contributed by atoms with E-state index in [4.69, 9.17) is 5.73 Å². The maximum atomic E-state index is 11.7. The molecule has 1 fully saturated rings. The van der Waals surface area contributed by atoms with E-state index in [9.17, 15) is 4.79 Å². The van der Waals surface area contributed by atoms with Crippen LogP contribution < -0.4 is 11.1 Å². The number of nitrogens with two attached hydrogens (primary N) is 1. The Labute approximate surface area is 106 Å². The van der Waals surface area contributed by atoms with Gasteiger partial charge in [-0.2, -0.15) is 0 Å². The average molecular weight is 240 g/mol. The van der Waals surface area contributed by atoms with E-state index in [1.807, 2.05) is 0 Å². The van der Waals surface area contributed by atoms with Crippen molar-refractivity contribution in [3.8, 4) is 0 Å². The number of carbonyl (C=O) groups is 1. The van der Waals surface area contributed by atoms with Gasteiger partial charge in [0.15, 0.2) is 0 Å². The SMILES string of the molecule is CCCC1(CNC(=O)CCC(C)CCN)CC1. The van der Waals surface area contributed by atoms with Crippen LogP contribution in [0.2, 0.25) is 0 Å². The van der Waals surface area contributed by atoms with E-state index in [0.717, 1.165) is 25.9 Å². The predicted molar refractivity (Wildman–Crippen MR) is 71.7 cm³/mol. The molecule has 0 heterocycles. The molecule has 0 aromatic heterocycles. The van der Waals surface area contributed by atoms with Gasteiger partial charge in [0, 0.05) is 13.0 Å². The first kappa shape index (κ1) is 14.5. The molecule has 0 radical (unpaired) electrons. The highest BCUT2D eigenvalue weighted by atomic mass is 16.1. The first-order valence-electron chi connectivity index (χ1n) is 7.08. The molecule has 3 heteroatoms. The molecule has 0 saturated heterocycles. The summed E-state index contributed by atoms with van der Waals surface area (Å²) in [5, 5.41) is 3.10. The van der Waals surface area contributed by atoms with Gasteiger partial charge in [0.1, 0.15) is 0 Å². The summed E-state index contributed by atoms with van der Waals surface area (Å²) in [5.74, 6) is 0.785. The summed E-state index contributed by atoms with van der Waals surface area (Å²) in [6.07, 6.45) is 7.72. The zero-order valence-corrected chi connectivity index (χ0v) is 11.4. The fourth-order valence-electron chi connectivity index (χ4n) is 2.40. The molecule has 3 N–H and O–H groups in total. The van der Waals surface area contributed by atoms with Crippen molar-refractivity contribution in [2.75, 3.05) is 13.1 Å². The Bertz CT molecular complexity index is 236. The second kappa shape index (κ2) is 7.00. The third-order valence-corrected chi connectivity index (χ3v) is 3.92. The predicted octanol–water partition coefficient (Wildman–Crippen LogP) is 2.45. The van der Waals surface area contributed by atoms with Crippen molar-refractivity contribution in [3.05, 3.63) is 0 Å². The van der Waals surface area contributed by atoms with E-state index in [1.54, 1.807) is 0 Å². The summed E-state index contributed by atoms with van der Waals surface area (Å²) >= 11 is 0. The Balaban J connectivity index is 2.09. The molecule has 1 aliphatic carbocycles. The molecule has 1 saturated carbocycles.